The van der Waals surface area contributed by atoms with E-state index in [9.17, 15) is 0 Å². The molecule has 3 aromatic carbocycles. The molecule has 0 N–H and O–H groups in total. The molecule has 6 nitrogen and oxygen atoms in total. The molecule has 0 aromatic heterocycles. The zero-order chi connectivity index (χ0) is 25.7. The van der Waals surface area contributed by atoms with Crippen LogP contribution in [0.1, 0.15) is 37.5 Å². The Morgan fingerprint density at radius 1 is 0.771 bits per heavy atom. The lowest BCUT2D eigenvalue weighted by atomic mass is 9.76. The number of aryl methyl sites for hydroxylation is 1. The number of hydrogen-bond donors (Lipinski definition) is 0. The normalized spacial score (nSPS) is 17.1. The first-order chi connectivity index (χ1) is 16.6. The van der Waals surface area contributed by atoms with Gasteiger partial charge in [0, 0.05) is 40.2 Å². The summed E-state index contributed by atoms with van der Waals surface area (Å²) in [5, 5.41) is 1.90. The molecule has 1 unspecified atom stereocenters. The monoisotopic (exact) mass is 479 g/mol. The Kier molecular flexibility index (Phi) is 6.54. The van der Waals surface area contributed by atoms with Crippen LogP contribution in [0, 0.1) is 6.92 Å². The predicted octanol–water partition coefficient (Wildman–Crippen LogP) is 5.97. The van der Waals surface area contributed by atoms with Crippen molar-refractivity contribution in [3.05, 3.63) is 41.0 Å². The summed E-state index contributed by atoms with van der Waals surface area (Å²) in [6.07, 6.45) is 0.867. The van der Waals surface area contributed by atoms with Crippen molar-refractivity contribution < 1.29 is 23.7 Å². The number of nitrogens with zero attached hydrogens (tertiary/aromatic N) is 1. The quantitative estimate of drug-likeness (QED) is 0.434. The summed E-state index contributed by atoms with van der Waals surface area (Å²) in [4.78, 5) is 2.42. The molecule has 6 heteroatoms. The van der Waals surface area contributed by atoms with Gasteiger partial charge in [-0.1, -0.05) is 0 Å². The second-order valence-corrected chi connectivity index (χ2v) is 9.76. The van der Waals surface area contributed by atoms with E-state index in [4.69, 9.17) is 23.7 Å². The molecular weight excluding hydrogens is 442 g/mol. The van der Waals surface area contributed by atoms with Crippen molar-refractivity contribution in [2.24, 2.45) is 0 Å². The molecule has 1 atom stereocenters. The van der Waals surface area contributed by atoms with Crippen molar-refractivity contribution in [2.45, 2.75) is 45.7 Å². The molecule has 0 saturated carbocycles. The summed E-state index contributed by atoms with van der Waals surface area (Å²) in [5.74, 6) is 3.81. The summed E-state index contributed by atoms with van der Waals surface area (Å²) >= 11 is 0. The molecule has 0 fully saturated rings. The van der Waals surface area contributed by atoms with Gasteiger partial charge in [0.25, 0.3) is 0 Å². The average molecular weight is 480 g/mol. The van der Waals surface area contributed by atoms with Gasteiger partial charge in [0.2, 0.25) is 0 Å². The molecule has 0 amide bonds. The lowest BCUT2D eigenvalue weighted by Crippen LogP contribution is -2.49. The van der Waals surface area contributed by atoms with Gasteiger partial charge in [-0.25, -0.2) is 0 Å². The lowest BCUT2D eigenvalue weighted by Gasteiger charge is -2.47. The van der Waals surface area contributed by atoms with Crippen LogP contribution in [0.5, 0.6) is 28.7 Å². The fourth-order valence-corrected chi connectivity index (χ4v) is 5.68. The largest absolute Gasteiger partial charge is 0.497 e. The third-order valence-corrected chi connectivity index (χ3v) is 7.71. The van der Waals surface area contributed by atoms with Crippen LogP contribution in [0.2, 0.25) is 0 Å². The summed E-state index contributed by atoms with van der Waals surface area (Å²) in [7, 11) is 10.7. The molecule has 1 heterocycles. The van der Waals surface area contributed by atoms with Gasteiger partial charge < -0.3 is 23.7 Å². The summed E-state index contributed by atoms with van der Waals surface area (Å²) in [6, 6.07) is 8.38. The first-order valence-electron chi connectivity index (χ1n) is 11.9. The number of methoxy groups -OCH3 is 5. The van der Waals surface area contributed by atoms with E-state index in [1.54, 1.807) is 35.5 Å². The van der Waals surface area contributed by atoms with Gasteiger partial charge in [0.15, 0.2) is 0 Å². The van der Waals surface area contributed by atoms with Crippen molar-refractivity contribution in [3.8, 4) is 39.9 Å². The highest BCUT2D eigenvalue weighted by atomic mass is 16.5. The van der Waals surface area contributed by atoms with Gasteiger partial charge in [0.05, 0.1) is 40.9 Å². The average Bonchev–Trinajstić information content (AvgIpc) is 2.85. The van der Waals surface area contributed by atoms with Crippen LogP contribution in [0.15, 0.2) is 24.3 Å². The standard InChI is InChI=1S/C29H37NO5/c1-16-11-21(32-7)26-19(13-18(31-6)14-22(26)33-8)25(16)27-20-12-17(2)30(5)29(3,4)28(20)24(35-10)15-23(27)34-9/h11,13-15,17H,12H2,1-10H3. The number of rotatable bonds is 6. The first-order valence-corrected chi connectivity index (χ1v) is 11.9. The summed E-state index contributed by atoms with van der Waals surface area (Å²) in [5.41, 5.74) is 5.45. The molecule has 0 aliphatic carbocycles. The number of ether oxygens (including phenoxy) is 5. The number of likely N-dealkylation sites (N-methyl/N-ethyl adjacent to an activating group) is 1. The van der Waals surface area contributed by atoms with Crippen LogP contribution in [0.4, 0.5) is 0 Å². The molecule has 0 radical (unpaired) electrons. The topological polar surface area (TPSA) is 49.4 Å². The van der Waals surface area contributed by atoms with Crippen molar-refractivity contribution in [2.75, 3.05) is 42.6 Å². The fourth-order valence-electron chi connectivity index (χ4n) is 5.68. The first kappa shape index (κ1) is 25.0. The fraction of sp³-hybridized carbons (Fsp3) is 0.448. The smallest absolute Gasteiger partial charge is 0.134 e. The molecule has 0 spiro atoms. The van der Waals surface area contributed by atoms with Gasteiger partial charge in [-0.15, -0.1) is 0 Å². The maximum atomic E-state index is 6.02. The zero-order valence-corrected chi connectivity index (χ0v) is 22.6. The molecule has 35 heavy (non-hydrogen) atoms. The van der Waals surface area contributed by atoms with Gasteiger partial charge in [-0.2, -0.15) is 0 Å². The third-order valence-electron chi connectivity index (χ3n) is 7.71. The van der Waals surface area contributed by atoms with E-state index in [-0.39, 0.29) is 5.54 Å². The van der Waals surface area contributed by atoms with Gasteiger partial charge in [0.1, 0.15) is 28.7 Å². The molecule has 3 aromatic rings. The number of hydrogen-bond acceptors (Lipinski definition) is 6. The van der Waals surface area contributed by atoms with Crippen LogP contribution >= 0.6 is 0 Å². The Morgan fingerprint density at radius 3 is 1.94 bits per heavy atom. The van der Waals surface area contributed by atoms with Crippen molar-refractivity contribution in [1.29, 1.82) is 0 Å². The Balaban J connectivity index is 2.23. The highest BCUT2D eigenvalue weighted by molar-refractivity contribution is 6.07. The number of benzene rings is 3. The van der Waals surface area contributed by atoms with E-state index < -0.39 is 0 Å². The van der Waals surface area contributed by atoms with Crippen molar-refractivity contribution in [1.82, 2.24) is 4.90 Å². The number of fused-ring (bicyclic) bond motifs is 2. The zero-order valence-electron chi connectivity index (χ0n) is 22.6. The van der Waals surface area contributed by atoms with Crippen molar-refractivity contribution in [3.63, 3.8) is 0 Å². The molecule has 1 aliphatic heterocycles. The van der Waals surface area contributed by atoms with Crippen LogP contribution < -0.4 is 23.7 Å². The minimum Gasteiger partial charge on any atom is -0.497 e. The van der Waals surface area contributed by atoms with Crippen LogP contribution in [-0.2, 0) is 12.0 Å². The van der Waals surface area contributed by atoms with E-state index >= 15 is 0 Å². The summed E-state index contributed by atoms with van der Waals surface area (Å²) < 4.78 is 29.2. The van der Waals surface area contributed by atoms with E-state index in [1.165, 1.54) is 11.1 Å². The molecule has 0 saturated heterocycles. The minimum atomic E-state index is -0.231. The Labute approximate surface area is 208 Å². The van der Waals surface area contributed by atoms with Gasteiger partial charge in [-0.05, 0) is 70.0 Å². The maximum Gasteiger partial charge on any atom is 0.134 e. The SMILES string of the molecule is COc1cc(OC)c2c(OC)cc(C)c(-c3c(OC)cc(OC)c4c3CC(C)N(C)C4(C)C)c2c1. The van der Waals surface area contributed by atoms with E-state index in [1.807, 2.05) is 12.1 Å². The Bertz CT molecular complexity index is 1280. The van der Waals surface area contributed by atoms with Crippen LogP contribution in [0.25, 0.3) is 21.9 Å². The maximum absolute atomic E-state index is 6.02. The van der Waals surface area contributed by atoms with Gasteiger partial charge in [-0.3, -0.25) is 4.90 Å². The van der Waals surface area contributed by atoms with Crippen LogP contribution in [-0.4, -0.2) is 53.5 Å². The molecule has 0 bridgehead atoms. The van der Waals surface area contributed by atoms with E-state index in [2.05, 4.69) is 51.8 Å². The molecule has 188 valence electrons. The molecule has 1 aliphatic rings. The Morgan fingerprint density at radius 2 is 1.37 bits per heavy atom. The highest BCUT2D eigenvalue weighted by Crippen LogP contribution is 2.53. The van der Waals surface area contributed by atoms with Gasteiger partial charge >= 0.3 is 0 Å². The van der Waals surface area contributed by atoms with Crippen molar-refractivity contribution >= 4 is 10.8 Å². The lowest BCUT2D eigenvalue weighted by molar-refractivity contribution is 0.0900. The minimum absolute atomic E-state index is 0.231. The summed E-state index contributed by atoms with van der Waals surface area (Å²) in [6.45, 7) is 8.89. The second kappa shape index (κ2) is 9.15. The van der Waals surface area contributed by atoms with E-state index in [0.29, 0.717) is 11.8 Å². The predicted molar refractivity (Wildman–Crippen MR) is 141 cm³/mol. The van der Waals surface area contributed by atoms with E-state index in [0.717, 1.165) is 56.9 Å². The van der Waals surface area contributed by atoms with Crippen LogP contribution in [0.3, 0.4) is 0 Å². The second-order valence-electron chi connectivity index (χ2n) is 9.76. The third kappa shape index (κ3) is 3.75. The molecule has 4 rings (SSSR count). The Hall–Kier alpha value is -3.12. The highest BCUT2D eigenvalue weighted by Gasteiger charge is 2.41. The molecular formula is C29H37NO5.